The van der Waals surface area contributed by atoms with Crippen LogP contribution in [0.4, 0.5) is 17.1 Å². The summed E-state index contributed by atoms with van der Waals surface area (Å²) < 4.78 is 2.44. The van der Waals surface area contributed by atoms with E-state index in [4.69, 9.17) is 0 Å². The summed E-state index contributed by atoms with van der Waals surface area (Å²) in [7, 11) is 0. The van der Waals surface area contributed by atoms with Crippen molar-refractivity contribution in [2.75, 3.05) is 4.90 Å². The van der Waals surface area contributed by atoms with Gasteiger partial charge in [-0.15, -0.1) is 0 Å². The fraction of sp³-hybridized carbons (Fsp3) is 0.111. The van der Waals surface area contributed by atoms with Crippen molar-refractivity contribution in [1.82, 2.24) is 4.57 Å². The van der Waals surface area contributed by atoms with Crippen LogP contribution < -0.4 is 4.90 Å². The molecule has 2 heteroatoms. The molecular formula is C54H42N2. The summed E-state index contributed by atoms with van der Waals surface area (Å²) in [4.78, 5) is 2.50. The minimum Gasteiger partial charge on any atom is -0.310 e. The molecule has 2 aliphatic carbocycles. The van der Waals surface area contributed by atoms with Crippen LogP contribution in [0.1, 0.15) is 49.9 Å². The van der Waals surface area contributed by atoms with E-state index in [1.54, 1.807) is 0 Å². The predicted octanol–water partition coefficient (Wildman–Crippen LogP) is 14.5. The number of benzene rings is 8. The fourth-order valence-corrected chi connectivity index (χ4v) is 9.97. The van der Waals surface area contributed by atoms with Crippen LogP contribution in [0.25, 0.3) is 60.9 Å². The molecule has 56 heavy (non-hydrogen) atoms. The molecule has 0 atom stereocenters. The van der Waals surface area contributed by atoms with Crippen molar-refractivity contribution in [2.45, 2.75) is 38.5 Å². The van der Waals surface area contributed by atoms with Gasteiger partial charge in [0.2, 0.25) is 0 Å². The third-order valence-corrected chi connectivity index (χ3v) is 12.8. The van der Waals surface area contributed by atoms with Crippen molar-refractivity contribution in [2.24, 2.45) is 0 Å². The highest BCUT2D eigenvalue weighted by molar-refractivity contribution is 6.09. The molecular weight excluding hydrogens is 677 g/mol. The zero-order valence-electron chi connectivity index (χ0n) is 32.2. The molecule has 1 heterocycles. The molecule has 0 amide bonds. The Hall–Kier alpha value is -6.64. The summed E-state index contributed by atoms with van der Waals surface area (Å²) in [5.74, 6) is 0. The van der Waals surface area contributed by atoms with Crippen LogP contribution >= 0.6 is 0 Å². The van der Waals surface area contributed by atoms with E-state index in [0.717, 1.165) is 5.69 Å². The van der Waals surface area contributed by atoms with Crippen LogP contribution in [0.15, 0.2) is 182 Å². The van der Waals surface area contributed by atoms with Gasteiger partial charge >= 0.3 is 0 Å². The quantitative estimate of drug-likeness (QED) is 0.172. The van der Waals surface area contributed by atoms with E-state index in [1.807, 2.05) is 0 Å². The van der Waals surface area contributed by atoms with Gasteiger partial charge in [0, 0.05) is 44.2 Å². The maximum Gasteiger partial charge on any atom is 0.0543 e. The van der Waals surface area contributed by atoms with Gasteiger partial charge in [0.05, 0.1) is 16.7 Å². The Morgan fingerprint density at radius 1 is 0.393 bits per heavy atom. The largest absolute Gasteiger partial charge is 0.310 e. The summed E-state index contributed by atoms with van der Waals surface area (Å²) in [5, 5.41) is 2.56. The first-order chi connectivity index (χ1) is 27.3. The van der Waals surface area contributed by atoms with E-state index in [9.17, 15) is 0 Å². The lowest BCUT2D eigenvalue weighted by Gasteiger charge is -2.30. The first-order valence-electron chi connectivity index (χ1n) is 19.8. The molecule has 0 N–H and O–H groups in total. The third-order valence-electron chi connectivity index (χ3n) is 12.8. The Morgan fingerprint density at radius 2 is 0.946 bits per heavy atom. The summed E-state index contributed by atoms with van der Waals surface area (Å²) in [6, 6.07) is 67.5. The second kappa shape index (κ2) is 11.9. The minimum absolute atomic E-state index is 0.110. The average Bonchev–Trinajstić information content (AvgIpc) is 3.78. The molecule has 0 spiro atoms. The van der Waals surface area contributed by atoms with Gasteiger partial charge in [-0.25, -0.2) is 0 Å². The molecule has 2 aliphatic rings. The lowest BCUT2D eigenvalue weighted by atomic mass is 9.82. The molecule has 11 rings (SSSR count). The highest BCUT2D eigenvalue weighted by atomic mass is 15.1. The van der Waals surface area contributed by atoms with Crippen molar-refractivity contribution < 1.29 is 0 Å². The standard InChI is InChI=1S/C54H42N2/c1-53(2)45-20-11-8-17-40(45)41-31-29-38(33-47(41)53)55(37-27-25-36(26-28-37)35-15-6-5-7-16-35)51-24-14-21-46-52(51)44-32-30-39(34-48(44)54(46,3)4)56-49-22-12-9-18-42(49)43-19-10-13-23-50(43)56/h5-34H,1-4H3. The number of hydrogen-bond donors (Lipinski definition) is 0. The number of hydrogen-bond acceptors (Lipinski definition) is 1. The van der Waals surface area contributed by atoms with Crippen LogP contribution in [-0.2, 0) is 10.8 Å². The summed E-state index contributed by atoms with van der Waals surface area (Å²) in [5.41, 5.74) is 20.0. The molecule has 268 valence electrons. The predicted molar refractivity (Wildman–Crippen MR) is 236 cm³/mol. The monoisotopic (exact) mass is 718 g/mol. The molecule has 0 bridgehead atoms. The SMILES string of the molecule is CC1(C)c2ccccc2-c2ccc(N(c3ccc(-c4ccccc4)cc3)c3cccc4c3-c3ccc(-n5c6ccccc6c6ccccc65)cc3C4(C)C)cc21. The second-order valence-electron chi connectivity index (χ2n) is 16.6. The van der Waals surface area contributed by atoms with Crippen molar-refractivity contribution in [3.63, 3.8) is 0 Å². The number of para-hydroxylation sites is 2. The van der Waals surface area contributed by atoms with Crippen molar-refractivity contribution in [1.29, 1.82) is 0 Å². The molecule has 9 aromatic rings. The van der Waals surface area contributed by atoms with Gasteiger partial charge in [-0.2, -0.15) is 0 Å². The smallest absolute Gasteiger partial charge is 0.0543 e. The van der Waals surface area contributed by atoms with E-state index in [0.29, 0.717) is 0 Å². The molecule has 0 fully saturated rings. The molecule has 8 aromatic carbocycles. The lowest BCUT2D eigenvalue weighted by molar-refractivity contribution is 0.660. The van der Waals surface area contributed by atoms with Crippen LogP contribution in [0, 0.1) is 0 Å². The Kier molecular flexibility index (Phi) is 6.98. The van der Waals surface area contributed by atoms with E-state index in [-0.39, 0.29) is 10.8 Å². The van der Waals surface area contributed by atoms with E-state index < -0.39 is 0 Å². The van der Waals surface area contributed by atoms with E-state index in [1.165, 1.54) is 94.5 Å². The normalized spacial score (nSPS) is 14.4. The third kappa shape index (κ3) is 4.62. The number of aromatic nitrogens is 1. The van der Waals surface area contributed by atoms with Crippen molar-refractivity contribution >= 4 is 38.9 Å². The Labute approximate surface area is 328 Å². The average molecular weight is 719 g/mol. The minimum atomic E-state index is -0.208. The highest BCUT2D eigenvalue weighted by Crippen LogP contribution is 2.56. The Morgan fingerprint density at radius 3 is 1.70 bits per heavy atom. The molecule has 0 aliphatic heterocycles. The molecule has 0 saturated carbocycles. The van der Waals surface area contributed by atoms with Crippen molar-refractivity contribution in [3.05, 3.63) is 204 Å². The fourth-order valence-electron chi connectivity index (χ4n) is 9.97. The van der Waals surface area contributed by atoms with Gasteiger partial charge < -0.3 is 9.47 Å². The van der Waals surface area contributed by atoms with Crippen LogP contribution in [0.2, 0.25) is 0 Å². The van der Waals surface area contributed by atoms with Crippen LogP contribution in [0.3, 0.4) is 0 Å². The maximum atomic E-state index is 2.50. The summed E-state index contributed by atoms with van der Waals surface area (Å²) >= 11 is 0. The van der Waals surface area contributed by atoms with Gasteiger partial charge in [-0.3, -0.25) is 0 Å². The molecule has 0 radical (unpaired) electrons. The van der Waals surface area contributed by atoms with Crippen LogP contribution in [0.5, 0.6) is 0 Å². The Bertz CT molecular complexity index is 2960. The molecule has 0 unspecified atom stereocenters. The van der Waals surface area contributed by atoms with Gasteiger partial charge in [0.1, 0.15) is 0 Å². The molecule has 1 aromatic heterocycles. The highest BCUT2D eigenvalue weighted by Gasteiger charge is 2.39. The van der Waals surface area contributed by atoms with E-state index in [2.05, 4.69) is 219 Å². The summed E-state index contributed by atoms with van der Waals surface area (Å²) in [6.07, 6.45) is 0. The first kappa shape index (κ1) is 32.8. The van der Waals surface area contributed by atoms with Gasteiger partial charge in [-0.05, 0) is 105 Å². The first-order valence-corrected chi connectivity index (χ1v) is 19.8. The Balaban J connectivity index is 1.11. The topological polar surface area (TPSA) is 8.17 Å². The lowest BCUT2D eigenvalue weighted by Crippen LogP contribution is -2.17. The zero-order chi connectivity index (χ0) is 37.8. The van der Waals surface area contributed by atoms with Crippen molar-refractivity contribution in [3.8, 4) is 39.1 Å². The zero-order valence-corrected chi connectivity index (χ0v) is 32.2. The van der Waals surface area contributed by atoms with Gasteiger partial charge in [-0.1, -0.05) is 155 Å². The number of fused-ring (bicyclic) bond motifs is 9. The number of anilines is 3. The number of nitrogens with zero attached hydrogens (tertiary/aromatic N) is 2. The molecule has 0 saturated heterocycles. The summed E-state index contributed by atoms with van der Waals surface area (Å²) in [6.45, 7) is 9.53. The maximum absolute atomic E-state index is 2.50. The van der Waals surface area contributed by atoms with Gasteiger partial charge in [0.15, 0.2) is 0 Å². The molecule has 2 nitrogen and oxygen atoms in total. The van der Waals surface area contributed by atoms with Gasteiger partial charge in [0.25, 0.3) is 0 Å². The number of rotatable bonds is 5. The van der Waals surface area contributed by atoms with Crippen LogP contribution in [-0.4, -0.2) is 4.57 Å². The van der Waals surface area contributed by atoms with E-state index >= 15 is 0 Å². The second-order valence-corrected chi connectivity index (χ2v) is 16.6.